The van der Waals surface area contributed by atoms with Crippen molar-refractivity contribution < 1.29 is 24.5 Å². The van der Waals surface area contributed by atoms with E-state index in [-0.39, 0.29) is 23.7 Å². The van der Waals surface area contributed by atoms with Crippen LogP contribution in [0.15, 0.2) is 97.1 Å². The van der Waals surface area contributed by atoms with Crippen LogP contribution in [-0.4, -0.2) is 16.0 Å². The fraction of sp³-hybridized carbons (Fsp3) is 0.138. The lowest BCUT2D eigenvalue weighted by molar-refractivity contribution is 0.0978. The second-order valence-corrected chi connectivity index (χ2v) is 7.94. The number of hydrogen-bond acceptors (Lipinski definition) is 5. The molecular formula is C29H26O5. The number of aromatic hydroxyl groups is 2. The van der Waals surface area contributed by atoms with E-state index >= 15 is 0 Å². The van der Waals surface area contributed by atoms with Crippen molar-refractivity contribution in [3.05, 3.63) is 119 Å². The zero-order chi connectivity index (χ0) is 23.8. The summed E-state index contributed by atoms with van der Waals surface area (Å²) in [6, 6.07) is 28.8. The molecule has 0 fully saturated rings. The number of ether oxygens (including phenoxy) is 2. The first-order chi connectivity index (χ1) is 16.6. The maximum absolute atomic E-state index is 13.1. The fourth-order valence-corrected chi connectivity index (χ4v) is 3.60. The molecule has 4 aromatic rings. The van der Waals surface area contributed by atoms with Crippen molar-refractivity contribution in [2.45, 2.75) is 26.1 Å². The van der Waals surface area contributed by atoms with Gasteiger partial charge in [0.2, 0.25) is 0 Å². The number of rotatable bonds is 10. The predicted molar refractivity (Wildman–Crippen MR) is 130 cm³/mol. The molecule has 4 aromatic carbocycles. The average Bonchev–Trinajstić information content (AvgIpc) is 2.87. The molecule has 0 amide bonds. The number of benzene rings is 4. The molecule has 5 heteroatoms. The Morgan fingerprint density at radius 3 is 1.79 bits per heavy atom. The molecule has 0 bridgehead atoms. The van der Waals surface area contributed by atoms with Crippen LogP contribution in [0.25, 0.3) is 0 Å². The van der Waals surface area contributed by atoms with E-state index < -0.39 is 0 Å². The number of phenols is 2. The molecule has 0 aliphatic heterocycles. The Morgan fingerprint density at radius 1 is 0.647 bits per heavy atom. The van der Waals surface area contributed by atoms with Gasteiger partial charge in [-0.15, -0.1) is 0 Å². The van der Waals surface area contributed by atoms with Crippen molar-refractivity contribution in [2.75, 3.05) is 0 Å². The number of carbonyl (C=O) groups is 1. The minimum Gasteiger partial charge on any atom is -0.508 e. The van der Waals surface area contributed by atoms with Gasteiger partial charge in [-0.2, -0.15) is 0 Å². The van der Waals surface area contributed by atoms with Crippen LogP contribution in [0.5, 0.6) is 23.0 Å². The van der Waals surface area contributed by atoms with Gasteiger partial charge >= 0.3 is 0 Å². The molecule has 0 saturated carbocycles. The summed E-state index contributed by atoms with van der Waals surface area (Å²) in [5, 5.41) is 19.8. The predicted octanol–water partition coefficient (Wildman–Crippen LogP) is 6.07. The number of Topliss-reactive ketones (excluding diaryl/α,β-unsaturated/α-hetero) is 1. The Kier molecular flexibility index (Phi) is 7.45. The van der Waals surface area contributed by atoms with Gasteiger partial charge in [0.15, 0.2) is 5.78 Å². The van der Waals surface area contributed by atoms with E-state index in [1.165, 1.54) is 12.1 Å². The Labute approximate surface area is 198 Å². The third-order valence-electron chi connectivity index (χ3n) is 5.41. The summed E-state index contributed by atoms with van der Waals surface area (Å²) in [7, 11) is 0. The molecule has 4 rings (SSSR count). The Hall–Kier alpha value is -4.25. The van der Waals surface area contributed by atoms with Gasteiger partial charge in [0, 0.05) is 18.6 Å². The van der Waals surface area contributed by atoms with Gasteiger partial charge < -0.3 is 19.7 Å². The smallest absolute Gasteiger partial charge is 0.166 e. The molecule has 0 unspecified atom stereocenters. The highest BCUT2D eigenvalue weighted by molar-refractivity contribution is 5.99. The van der Waals surface area contributed by atoms with Crippen molar-refractivity contribution in [1.29, 1.82) is 0 Å². The summed E-state index contributed by atoms with van der Waals surface area (Å²) >= 11 is 0. The second kappa shape index (κ2) is 11.1. The van der Waals surface area contributed by atoms with Crippen molar-refractivity contribution >= 4 is 5.78 Å². The van der Waals surface area contributed by atoms with Crippen LogP contribution in [0.3, 0.4) is 0 Å². The van der Waals surface area contributed by atoms with Gasteiger partial charge in [-0.1, -0.05) is 66.7 Å². The summed E-state index contributed by atoms with van der Waals surface area (Å²) in [5.41, 5.74) is 3.22. The molecule has 0 radical (unpaired) electrons. The standard InChI is InChI=1S/C29H26O5/c30-24-13-11-23(28(17-24)33-19-21-7-3-1-4-8-21)12-16-27(32)26-15-14-25(31)18-29(26)34-20-22-9-5-2-6-10-22/h1-11,13-15,17-18,30-31H,12,16,19-20H2. The van der Waals surface area contributed by atoms with Crippen LogP contribution in [0.1, 0.15) is 33.5 Å². The lowest BCUT2D eigenvalue weighted by atomic mass is 10.0. The largest absolute Gasteiger partial charge is 0.508 e. The van der Waals surface area contributed by atoms with Gasteiger partial charge in [-0.05, 0) is 41.3 Å². The van der Waals surface area contributed by atoms with Gasteiger partial charge in [-0.25, -0.2) is 0 Å². The maximum atomic E-state index is 13.1. The van der Waals surface area contributed by atoms with Crippen molar-refractivity contribution in [2.24, 2.45) is 0 Å². The highest BCUT2D eigenvalue weighted by Crippen LogP contribution is 2.29. The van der Waals surface area contributed by atoms with E-state index in [1.54, 1.807) is 24.3 Å². The number of hydrogen-bond donors (Lipinski definition) is 2. The third-order valence-corrected chi connectivity index (χ3v) is 5.41. The molecule has 172 valence electrons. The van der Waals surface area contributed by atoms with E-state index in [1.807, 2.05) is 60.7 Å². The molecule has 0 spiro atoms. The second-order valence-electron chi connectivity index (χ2n) is 7.94. The monoisotopic (exact) mass is 454 g/mol. The van der Waals surface area contributed by atoms with E-state index in [9.17, 15) is 15.0 Å². The van der Waals surface area contributed by atoms with E-state index in [0.29, 0.717) is 36.7 Å². The Bertz CT molecular complexity index is 1240. The Morgan fingerprint density at radius 2 is 1.18 bits per heavy atom. The zero-order valence-corrected chi connectivity index (χ0v) is 18.7. The first kappa shape index (κ1) is 22.9. The lowest BCUT2D eigenvalue weighted by Gasteiger charge is -2.14. The normalized spacial score (nSPS) is 10.6. The van der Waals surface area contributed by atoms with Gasteiger partial charge in [0.1, 0.15) is 36.2 Å². The molecule has 5 nitrogen and oxygen atoms in total. The minimum absolute atomic E-state index is 0.0368. The number of phenolic OH excluding ortho intramolecular Hbond substituents is 2. The Balaban J connectivity index is 1.44. The van der Waals surface area contributed by atoms with Gasteiger partial charge in [0.05, 0.1) is 5.56 Å². The summed E-state index contributed by atoms with van der Waals surface area (Å²) in [4.78, 5) is 13.1. The van der Waals surface area contributed by atoms with Crippen LogP contribution < -0.4 is 9.47 Å². The highest BCUT2D eigenvalue weighted by atomic mass is 16.5. The van der Waals surface area contributed by atoms with Crippen LogP contribution in [0.4, 0.5) is 0 Å². The quantitative estimate of drug-likeness (QED) is 0.284. The van der Waals surface area contributed by atoms with E-state index in [0.717, 1.165) is 16.7 Å². The average molecular weight is 455 g/mol. The van der Waals surface area contributed by atoms with Crippen LogP contribution in [0, 0.1) is 0 Å². The lowest BCUT2D eigenvalue weighted by Crippen LogP contribution is -2.06. The molecule has 0 heterocycles. The molecule has 0 saturated heterocycles. The third kappa shape index (κ3) is 6.17. The number of aryl methyl sites for hydroxylation is 1. The first-order valence-corrected chi connectivity index (χ1v) is 11.1. The molecule has 0 aliphatic rings. The highest BCUT2D eigenvalue weighted by Gasteiger charge is 2.16. The summed E-state index contributed by atoms with van der Waals surface area (Å²) in [5.74, 6) is 0.927. The fourth-order valence-electron chi connectivity index (χ4n) is 3.60. The minimum atomic E-state index is -0.106. The molecule has 0 aromatic heterocycles. The molecule has 0 atom stereocenters. The SMILES string of the molecule is O=C(CCc1ccc(O)cc1OCc1ccccc1)c1ccc(O)cc1OCc1ccccc1. The van der Waals surface area contributed by atoms with Gasteiger partial charge in [-0.3, -0.25) is 4.79 Å². The van der Waals surface area contributed by atoms with Crippen molar-refractivity contribution in [3.8, 4) is 23.0 Å². The molecule has 0 aliphatic carbocycles. The van der Waals surface area contributed by atoms with Crippen LogP contribution >= 0.6 is 0 Å². The van der Waals surface area contributed by atoms with E-state index in [4.69, 9.17) is 9.47 Å². The molecule has 2 N–H and O–H groups in total. The zero-order valence-electron chi connectivity index (χ0n) is 18.7. The first-order valence-electron chi connectivity index (χ1n) is 11.1. The summed E-state index contributed by atoms with van der Waals surface area (Å²) in [6.45, 7) is 0.653. The molecule has 34 heavy (non-hydrogen) atoms. The molecular weight excluding hydrogens is 428 g/mol. The topological polar surface area (TPSA) is 76.0 Å². The van der Waals surface area contributed by atoms with E-state index in [2.05, 4.69) is 0 Å². The van der Waals surface area contributed by atoms with Crippen LogP contribution in [-0.2, 0) is 19.6 Å². The summed E-state index contributed by atoms with van der Waals surface area (Å²) in [6.07, 6.45) is 0.654. The van der Waals surface area contributed by atoms with Crippen molar-refractivity contribution in [1.82, 2.24) is 0 Å². The maximum Gasteiger partial charge on any atom is 0.166 e. The summed E-state index contributed by atoms with van der Waals surface area (Å²) < 4.78 is 11.8. The number of carbonyl (C=O) groups excluding carboxylic acids is 1. The van der Waals surface area contributed by atoms with Crippen LogP contribution in [0.2, 0.25) is 0 Å². The number of ketones is 1. The van der Waals surface area contributed by atoms with Gasteiger partial charge in [0.25, 0.3) is 0 Å². The van der Waals surface area contributed by atoms with Crippen molar-refractivity contribution in [3.63, 3.8) is 0 Å².